The number of carbonyl (C=O) groups excluding carboxylic acids is 1. The summed E-state index contributed by atoms with van der Waals surface area (Å²) in [5.41, 5.74) is -1.62. The van der Waals surface area contributed by atoms with E-state index in [1.165, 1.54) is 6.92 Å². The first kappa shape index (κ1) is 29.1. The molecule has 1 aromatic carbocycles. The summed E-state index contributed by atoms with van der Waals surface area (Å²) >= 11 is 6.35. The van der Waals surface area contributed by atoms with Crippen molar-refractivity contribution in [3.63, 3.8) is 0 Å². The number of benzene rings is 1. The molecule has 37 heavy (non-hydrogen) atoms. The Hall–Kier alpha value is -2.50. The van der Waals surface area contributed by atoms with Gasteiger partial charge >= 0.3 is 19.3 Å². The molecule has 0 aliphatic carbocycles. The summed E-state index contributed by atoms with van der Waals surface area (Å²) in [6.07, 6.45) is -4.28. The van der Waals surface area contributed by atoms with Crippen LogP contribution in [-0.2, 0) is 23.4 Å². The molecule has 1 aliphatic heterocycles. The molecular weight excluding hydrogens is 534 g/mol. The molecule has 0 spiro atoms. The fourth-order valence-electron chi connectivity index (χ4n) is 3.70. The molecule has 1 aromatic heterocycles. The predicted molar refractivity (Wildman–Crippen MR) is 132 cm³/mol. The third-order valence-electron chi connectivity index (χ3n) is 5.54. The van der Waals surface area contributed by atoms with Gasteiger partial charge in [-0.1, -0.05) is 25.1 Å². The predicted octanol–water partition coefficient (Wildman–Crippen LogP) is 2.62. The number of carbonyl (C=O) groups is 1. The molecular formula is C23H29ClFN2O9P. The van der Waals surface area contributed by atoms with Gasteiger partial charge in [-0.3, -0.25) is 23.7 Å². The summed E-state index contributed by atoms with van der Waals surface area (Å²) in [7, 11) is -4.08. The van der Waals surface area contributed by atoms with E-state index in [2.05, 4.69) is 0 Å². The summed E-state index contributed by atoms with van der Waals surface area (Å²) in [5.74, 6) is -1.28. The van der Waals surface area contributed by atoms with Crippen molar-refractivity contribution in [1.29, 1.82) is 0 Å². The van der Waals surface area contributed by atoms with Gasteiger partial charge in [-0.25, -0.2) is 13.8 Å². The topological polar surface area (TPSA) is 146 Å². The Morgan fingerprint density at radius 1 is 1.27 bits per heavy atom. The third kappa shape index (κ3) is 6.88. The number of H-pyrrole nitrogens is 1. The van der Waals surface area contributed by atoms with Gasteiger partial charge in [0.25, 0.3) is 5.56 Å². The van der Waals surface area contributed by atoms with Crippen LogP contribution in [0.2, 0.25) is 0 Å². The van der Waals surface area contributed by atoms with Crippen molar-refractivity contribution in [2.24, 2.45) is 5.92 Å². The third-order valence-corrected chi connectivity index (χ3v) is 8.08. The molecule has 14 heteroatoms. The Morgan fingerprint density at radius 2 is 1.95 bits per heavy atom. The van der Waals surface area contributed by atoms with Crippen LogP contribution in [0.25, 0.3) is 0 Å². The number of nitrogens with zero attached hydrogens (tertiary/aromatic N) is 1. The smallest absolute Gasteiger partial charge is 0.380 e. The minimum atomic E-state index is -4.08. The summed E-state index contributed by atoms with van der Waals surface area (Å²) in [6.45, 7) is 2.96. The Kier molecular flexibility index (Phi) is 9.36. The van der Waals surface area contributed by atoms with Crippen molar-refractivity contribution in [2.45, 2.75) is 50.2 Å². The van der Waals surface area contributed by atoms with E-state index in [-0.39, 0.29) is 11.9 Å². The number of aromatic amines is 1. The lowest BCUT2D eigenvalue weighted by atomic mass is 10.00. The molecule has 0 saturated carbocycles. The molecule has 1 fully saturated rings. The van der Waals surface area contributed by atoms with Gasteiger partial charge in [-0.05, 0) is 26.0 Å². The van der Waals surface area contributed by atoms with Crippen molar-refractivity contribution in [1.82, 2.24) is 9.55 Å². The minimum absolute atomic E-state index is 0.205. The van der Waals surface area contributed by atoms with E-state index in [9.17, 15) is 28.4 Å². The summed E-state index contributed by atoms with van der Waals surface area (Å²) in [5, 5.41) is 10.8. The van der Waals surface area contributed by atoms with E-state index < -0.39 is 73.4 Å². The fourth-order valence-corrected chi connectivity index (χ4v) is 5.86. The highest BCUT2D eigenvalue weighted by Crippen LogP contribution is 2.51. The number of para-hydroxylation sites is 1. The Bertz CT molecular complexity index is 1240. The lowest BCUT2D eigenvalue weighted by Gasteiger charge is -2.27. The summed E-state index contributed by atoms with van der Waals surface area (Å²) in [4.78, 5) is 35.9. The number of alkyl halides is 2. The molecule has 2 aromatic rings. The van der Waals surface area contributed by atoms with E-state index >= 15 is 0 Å². The lowest BCUT2D eigenvalue weighted by Crippen LogP contribution is -2.46. The van der Waals surface area contributed by atoms with Crippen LogP contribution in [0.3, 0.4) is 0 Å². The van der Waals surface area contributed by atoms with Gasteiger partial charge < -0.3 is 19.1 Å². The van der Waals surface area contributed by atoms with Crippen molar-refractivity contribution in [2.75, 3.05) is 19.4 Å². The van der Waals surface area contributed by atoms with Crippen LogP contribution in [0.4, 0.5) is 4.39 Å². The minimum Gasteiger partial charge on any atom is -0.463 e. The van der Waals surface area contributed by atoms with E-state index in [1.54, 1.807) is 44.2 Å². The average Bonchev–Trinajstić information content (AvgIpc) is 3.08. The van der Waals surface area contributed by atoms with Crippen LogP contribution in [0.15, 0.2) is 52.2 Å². The molecule has 2 heterocycles. The Labute approximate surface area is 217 Å². The molecule has 0 amide bonds. The number of hydrogen-bond acceptors (Lipinski definition) is 9. The van der Waals surface area contributed by atoms with Gasteiger partial charge in [0.15, 0.2) is 6.23 Å². The molecule has 1 aliphatic rings. The molecule has 0 radical (unpaired) electrons. The highest BCUT2D eigenvalue weighted by molar-refractivity contribution is 7.54. The zero-order chi connectivity index (χ0) is 27.4. The molecule has 204 valence electrons. The van der Waals surface area contributed by atoms with Crippen molar-refractivity contribution < 1.29 is 37.4 Å². The van der Waals surface area contributed by atoms with Gasteiger partial charge in [0.2, 0.25) is 0 Å². The van der Waals surface area contributed by atoms with Crippen molar-refractivity contribution >= 4 is 25.2 Å². The van der Waals surface area contributed by atoms with E-state index in [4.69, 9.17) is 30.1 Å². The van der Waals surface area contributed by atoms with Gasteiger partial charge in [0.1, 0.15) is 29.5 Å². The second kappa shape index (κ2) is 11.9. The first-order valence-corrected chi connectivity index (χ1v) is 13.6. The largest absolute Gasteiger partial charge is 0.463 e. The molecule has 0 bridgehead atoms. The second-order valence-corrected chi connectivity index (χ2v) is 11.7. The zero-order valence-corrected chi connectivity index (χ0v) is 22.1. The highest BCUT2D eigenvalue weighted by atomic mass is 35.5. The monoisotopic (exact) mass is 562 g/mol. The number of rotatable bonds is 11. The number of hydrogen-bond donors (Lipinski definition) is 2. The molecule has 11 nitrogen and oxygen atoms in total. The van der Waals surface area contributed by atoms with Crippen LogP contribution >= 0.6 is 19.2 Å². The zero-order valence-electron chi connectivity index (χ0n) is 20.4. The maximum Gasteiger partial charge on any atom is 0.380 e. The van der Waals surface area contributed by atoms with Crippen LogP contribution < -0.4 is 15.8 Å². The number of esters is 1. The molecule has 3 rings (SSSR count). The van der Waals surface area contributed by atoms with Gasteiger partial charge in [-0.2, -0.15) is 0 Å². The maximum atomic E-state index is 14.0. The van der Waals surface area contributed by atoms with E-state index in [1.807, 2.05) is 4.98 Å². The van der Waals surface area contributed by atoms with E-state index in [0.717, 1.165) is 16.8 Å². The number of aromatic nitrogens is 2. The quantitative estimate of drug-likeness (QED) is 0.240. The average molecular weight is 563 g/mol. The van der Waals surface area contributed by atoms with Crippen LogP contribution in [0.1, 0.15) is 27.0 Å². The normalized spacial score (nSPS) is 26.0. The lowest BCUT2D eigenvalue weighted by molar-refractivity contribution is -0.151. The van der Waals surface area contributed by atoms with Crippen LogP contribution in [0.5, 0.6) is 5.75 Å². The van der Waals surface area contributed by atoms with Crippen molar-refractivity contribution in [3.8, 4) is 5.75 Å². The van der Waals surface area contributed by atoms with Crippen molar-refractivity contribution in [3.05, 3.63) is 63.4 Å². The number of aliphatic hydroxyl groups excluding tert-OH is 1. The number of halogens is 2. The number of ether oxygens (including phenoxy) is 2. The highest BCUT2D eigenvalue weighted by Gasteiger charge is 2.57. The SMILES string of the molecule is CC(C)OC(=O)[C@H](C)CP(=O)(OC[C@H]1O[C@@H](n2ccc(=O)[nH]c2=O)C(Cl)(CF)[C@H]1O)Oc1ccccc1. The van der Waals surface area contributed by atoms with Gasteiger partial charge in [-0.15, -0.1) is 11.6 Å². The molecule has 1 saturated heterocycles. The molecule has 6 atom stereocenters. The molecule has 2 unspecified atom stereocenters. The first-order valence-electron chi connectivity index (χ1n) is 11.5. The van der Waals surface area contributed by atoms with Gasteiger partial charge in [0.05, 0.1) is 24.8 Å². The van der Waals surface area contributed by atoms with Crippen LogP contribution in [0, 0.1) is 5.92 Å². The maximum absolute atomic E-state index is 14.0. The molecule has 2 N–H and O–H groups in total. The van der Waals surface area contributed by atoms with Gasteiger partial charge in [0, 0.05) is 12.3 Å². The Morgan fingerprint density at radius 3 is 2.54 bits per heavy atom. The first-order chi connectivity index (χ1) is 17.4. The Balaban J connectivity index is 1.83. The van der Waals surface area contributed by atoms with Crippen LogP contribution in [-0.4, -0.2) is 63.3 Å². The second-order valence-electron chi connectivity index (χ2n) is 8.93. The summed E-state index contributed by atoms with van der Waals surface area (Å²) in [6, 6.07) is 9.11. The number of nitrogens with one attached hydrogen (secondary N) is 1. The fraction of sp³-hybridized carbons (Fsp3) is 0.522. The summed E-state index contributed by atoms with van der Waals surface area (Å²) < 4.78 is 50.7. The standard InChI is InChI=1S/C23H29ClFN2O9P/c1-14(2)34-20(30)15(3)12-37(32,36-16-7-5-4-6-8-16)33-11-17-19(29)23(24,13-25)21(35-17)27-10-9-18(28)26-22(27)31/h4-10,14-15,17,19,21,29H,11-13H2,1-3H3,(H,26,28,31)/t15-,17-,19+,21-,23?,37?/m1/s1. The number of aliphatic hydroxyl groups is 1. The van der Waals surface area contributed by atoms with E-state index in [0.29, 0.717) is 0 Å².